The van der Waals surface area contributed by atoms with E-state index in [4.69, 9.17) is 4.74 Å². The third-order valence-electron chi connectivity index (χ3n) is 3.80. The number of piperidine rings is 1. The number of hydrogen-bond acceptors (Lipinski definition) is 5. The van der Waals surface area contributed by atoms with Crippen LogP contribution in [0.25, 0.3) is 0 Å². The van der Waals surface area contributed by atoms with Gasteiger partial charge in [-0.1, -0.05) is 11.4 Å². The van der Waals surface area contributed by atoms with Crippen molar-refractivity contribution in [2.24, 2.45) is 5.92 Å². The molecule has 0 saturated carbocycles. The average Bonchev–Trinajstić information content (AvgIpc) is 2.90. The van der Waals surface area contributed by atoms with Crippen molar-refractivity contribution in [1.82, 2.24) is 14.5 Å². The first-order chi connectivity index (χ1) is 8.26. The van der Waals surface area contributed by atoms with E-state index in [-0.39, 0.29) is 5.60 Å². The molecule has 5 heteroatoms. The summed E-state index contributed by atoms with van der Waals surface area (Å²) >= 11 is 1.43. The zero-order valence-corrected chi connectivity index (χ0v) is 11.1. The van der Waals surface area contributed by atoms with Crippen molar-refractivity contribution in [3.8, 4) is 0 Å². The van der Waals surface area contributed by atoms with Crippen molar-refractivity contribution in [2.75, 3.05) is 19.7 Å². The standard InChI is InChI=1S/C12H19N3OS/c1-10-5-12(16-7-10)3-2-4-15(9-12)6-11-8-17-14-13-11/h8,10H,2-7,9H2,1H3/t10-,12-/m0/s1. The van der Waals surface area contributed by atoms with Crippen LogP contribution in [0, 0.1) is 5.92 Å². The highest BCUT2D eigenvalue weighted by Gasteiger charge is 2.41. The average molecular weight is 253 g/mol. The fourth-order valence-electron chi connectivity index (χ4n) is 3.16. The Morgan fingerprint density at radius 3 is 3.29 bits per heavy atom. The van der Waals surface area contributed by atoms with Gasteiger partial charge < -0.3 is 4.74 Å². The van der Waals surface area contributed by atoms with Gasteiger partial charge in [0.2, 0.25) is 0 Å². The van der Waals surface area contributed by atoms with E-state index in [9.17, 15) is 0 Å². The highest BCUT2D eigenvalue weighted by atomic mass is 32.1. The maximum Gasteiger partial charge on any atom is 0.0895 e. The van der Waals surface area contributed by atoms with Crippen molar-refractivity contribution >= 4 is 11.5 Å². The predicted octanol–water partition coefficient (Wildman–Crippen LogP) is 1.93. The molecule has 0 N–H and O–H groups in total. The van der Waals surface area contributed by atoms with E-state index in [0.717, 1.165) is 37.9 Å². The van der Waals surface area contributed by atoms with Crippen molar-refractivity contribution in [2.45, 2.75) is 38.3 Å². The van der Waals surface area contributed by atoms with Gasteiger partial charge in [0.05, 0.1) is 17.9 Å². The molecule has 1 aromatic heterocycles. The fourth-order valence-corrected chi connectivity index (χ4v) is 3.61. The van der Waals surface area contributed by atoms with E-state index in [1.165, 1.54) is 30.8 Å². The molecule has 1 spiro atoms. The first-order valence-electron chi connectivity index (χ1n) is 6.38. The van der Waals surface area contributed by atoms with Crippen LogP contribution < -0.4 is 0 Å². The monoisotopic (exact) mass is 253 g/mol. The van der Waals surface area contributed by atoms with Crippen molar-refractivity contribution in [3.05, 3.63) is 11.1 Å². The highest BCUT2D eigenvalue weighted by molar-refractivity contribution is 7.03. The highest BCUT2D eigenvalue weighted by Crippen LogP contribution is 2.37. The zero-order chi connectivity index (χ0) is 11.7. The number of ether oxygens (including phenoxy) is 1. The molecule has 0 bridgehead atoms. The van der Waals surface area contributed by atoms with Crippen LogP contribution in [0.5, 0.6) is 0 Å². The SMILES string of the molecule is C[C@@H]1CO[C@@]2(CCCN(Cc3csnn3)C2)C1. The predicted molar refractivity (Wildman–Crippen MR) is 66.9 cm³/mol. The maximum atomic E-state index is 6.07. The molecule has 94 valence electrons. The van der Waals surface area contributed by atoms with Crippen LogP contribution in [0.15, 0.2) is 5.38 Å². The zero-order valence-electron chi connectivity index (χ0n) is 10.3. The van der Waals surface area contributed by atoms with E-state index in [1.807, 2.05) is 5.38 Å². The van der Waals surface area contributed by atoms with Crippen molar-refractivity contribution < 1.29 is 4.74 Å². The minimum absolute atomic E-state index is 0.140. The largest absolute Gasteiger partial charge is 0.373 e. The molecule has 2 saturated heterocycles. The minimum atomic E-state index is 0.140. The smallest absolute Gasteiger partial charge is 0.0895 e. The summed E-state index contributed by atoms with van der Waals surface area (Å²) in [6, 6.07) is 0. The van der Waals surface area contributed by atoms with Crippen LogP contribution in [0.1, 0.15) is 31.9 Å². The Morgan fingerprint density at radius 2 is 2.59 bits per heavy atom. The van der Waals surface area contributed by atoms with E-state index >= 15 is 0 Å². The molecular weight excluding hydrogens is 234 g/mol. The van der Waals surface area contributed by atoms with Gasteiger partial charge in [0, 0.05) is 18.5 Å². The lowest BCUT2D eigenvalue weighted by molar-refractivity contribution is -0.0537. The summed E-state index contributed by atoms with van der Waals surface area (Å²) in [5, 5.41) is 6.17. The van der Waals surface area contributed by atoms with Crippen LogP contribution in [-0.4, -0.2) is 39.8 Å². The normalized spacial score (nSPS) is 34.5. The lowest BCUT2D eigenvalue weighted by atomic mass is 9.87. The van der Waals surface area contributed by atoms with Gasteiger partial charge in [0.1, 0.15) is 0 Å². The van der Waals surface area contributed by atoms with E-state index < -0.39 is 0 Å². The third kappa shape index (κ3) is 2.51. The minimum Gasteiger partial charge on any atom is -0.373 e. The molecule has 1 aromatic rings. The van der Waals surface area contributed by atoms with Crippen LogP contribution in [0.2, 0.25) is 0 Å². The first-order valence-corrected chi connectivity index (χ1v) is 7.22. The summed E-state index contributed by atoms with van der Waals surface area (Å²) in [5.74, 6) is 0.718. The van der Waals surface area contributed by atoms with E-state index in [1.54, 1.807) is 0 Å². The topological polar surface area (TPSA) is 38.2 Å². The molecule has 0 radical (unpaired) electrons. The molecule has 2 aliphatic rings. The Labute approximate surface area is 106 Å². The number of nitrogens with zero attached hydrogens (tertiary/aromatic N) is 3. The molecule has 3 rings (SSSR count). The van der Waals surface area contributed by atoms with Gasteiger partial charge in [-0.3, -0.25) is 4.90 Å². The summed E-state index contributed by atoms with van der Waals surface area (Å²) in [6.45, 7) is 6.38. The van der Waals surface area contributed by atoms with Crippen LogP contribution in [0.4, 0.5) is 0 Å². The number of aromatic nitrogens is 2. The summed E-state index contributed by atoms with van der Waals surface area (Å²) in [7, 11) is 0. The van der Waals surface area contributed by atoms with Crippen LogP contribution in [-0.2, 0) is 11.3 Å². The number of hydrogen-bond donors (Lipinski definition) is 0. The van der Waals surface area contributed by atoms with Gasteiger partial charge in [0.15, 0.2) is 0 Å². The molecule has 0 unspecified atom stereocenters. The quantitative estimate of drug-likeness (QED) is 0.807. The number of rotatable bonds is 2. The second-order valence-electron chi connectivity index (χ2n) is 5.51. The maximum absolute atomic E-state index is 6.07. The van der Waals surface area contributed by atoms with Crippen LogP contribution >= 0.6 is 11.5 Å². The van der Waals surface area contributed by atoms with Crippen molar-refractivity contribution in [1.29, 1.82) is 0 Å². The molecule has 0 aliphatic carbocycles. The molecule has 4 nitrogen and oxygen atoms in total. The summed E-state index contributed by atoms with van der Waals surface area (Å²) < 4.78 is 9.99. The molecule has 0 aromatic carbocycles. The van der Waals surface area contributed by atoms with Crippen molar-refractivity contribution in [3.63, 3.8) is 0 Å². The van der Waals surface area contributed by atoms with Gasteiger partial charge in [0.25, 0.3) is 0 Å². The Kier molecular flexibility index (Phi) is 3.15. The van der Waals surface area contributed by atoms with Crippen LogP contribution in [0.3, 0.4) is 0 Å². The summed E-state index contributed by atoms with van der Waals surface area (Å²) in [6.07, 6.45) is 3.69. The summed E-state index contributed by atoms with van der Waals surface area (Å²) in [5.41, 5.74) is 1.24. The lowest BCUT2D eigenvalue weighted by Crippen LogP contribution is -2.47. The molecule has 2 aliphatic heterocycles. The number of likely N-dealkylation sites (tertiary alicyclic amines) is 1. The third-order valence-corrected chi connectivity index (χ3v) is 4.36. The van der Waals surface area contributed by atoms with Gasteiger partial charge in [-0.25, -0.2) is 0 Å². The van der Waals surface area contributed by atoms with Gasteiger partial charge >= 0.3 is 0 Å². The van der Waals surface area contributed by atoms with E-state index in [0.29, 0.717) is 0 Å². The fraction of sp³-hybridized carbons (Fsp3) is 0.833. The molecular formula is C12H19N3OS. The van der Waals surface area contributed by atoms with Gasteiger partial charge in [-0.15, -0.1) is 5.10 Å². The molecule has 2 atom stereocenters. The van der Waals surface area contributed by atoms with E-state index in [2.05, 4.69) is 21.4 Å². The lowest BCUT2D eigenvalue weighted by Gasteiger charge is -2.39. The van der Waals surface area contributed by atoms with Gasteiger partial charge in [-0.2, -0.15) is 0 Å². The first kappa shape index (κ1) is 11.6. The Morgan fingerprint density at radius 1 is 1.65 bits per heavy atom. The Balaban J connectivity index is 1.64. The molecule has 0 amide bonds. The molecule has 3 heterocycles. The Bertz CT molecular complexity index is 366. The second kappa shape index (κ2) is 4.63. The van der Waals surface area contributed by atoms with Gasteiger partial charge in [-0.05, 0) is 43.3 Å². The Hall–Kier alpha value is -0.520. The molecule has 17 heavy (non-hydrogen) atoms. The summed E-state index contributed by atoms with van der Waals surface area (Å²) in [4.78, 5) is 2.47. The molecule has 2 fully saturated rings. The second-order valence-corrected chi connectivity index (χ2v) is 6.12.